The van der Waals surface area contributed by atoms with Crippen molar-refractivity contribution in [3.8, 4) is 0 Å². The number of unbranched alkanes of at least 4 members (excludes halogenated alkanes) is 12. The minimum atomic E-state index is -2.19. The third-order valence-corrected chi connectivity index (χ3v) is 7.14. The molecule has 2 N–H and O–H groups in total. The highest BCUT2D eigenvalue weighted by molar-refractivity contribution is 6.25. The molecule has 0 atom stereocenters. The molecular formula is C36H60N2O4. The van der Waals surface area contributed by atoms with Gasteiger partial charge in [-0.3, -0.25) is 0 Å². The van der Waals surface area contributed by atoms with Gasteiger partial charge in [0.1, 0.15) is 0 Å². The Hall–Kier alpha value is -2.70. The number of aryl methyl sites for hydroxylation is 2. The first kappa shape index (κ1) is 39.3. The van der Waals surface area contributed by atoms with Crippen molar-refractivity contribution in [3.05, 3.63) is 71.8 Å². The number of benzene rings is 2. The molecule has 0 saturated heterocycles. The average molecular weight is 585 g/mol. The fourth-order valence-corrected chi connectivity index (χ4v) is 4.67. The second-order valence-corrected chi connectivity index (χ2v) is 11.9. The van der Waals surface area contributed by atoms with Gasteiger partial charge in [0.25, 0.3) is 0 Å². The second-order valence-electron chi connectivity index (χ2n) is 11.9. The molecule has 0 aliphatic heterocycles. The molecule has 0 aromatic heterocycles. The average Bonchev–Trinajstić information content (AvgIpc) is 2.97. The summed E-state index contributed by atoms with van der Waals surface area (Å²) >= 11 is 0. The molecule has 0 radical (unpaired) electrons. The first-order chi connectivity index (χ1) is 20.2. The van der Waals surface area contributed by atoms with Gasteiger partial charge < -0.3 is 29.6 Å². The van der Waals surface area contributed by atoms with Crippen LogP contribution in [0.3, 0.4) is 0 Å². The lowest BCUT2D eigenvalue weighted by molar-refractivity contribution is -0.858. The number of carboxylic acid groups (broad SMARTS) is 2. The summed E-state index contributed by atoms with van der Waals surface area (Å²) in [4.78, 5) is 21.0. The largest absolute Gasteiger partial charge is 0.543 e. The molecule has 42 heavy (non-hydrogen) atoms. The van der Waals surface area contributed by atoms with Crippen molar-refractivity contribution in [2.45, 2.75) is 103 Å². The summed E-state index contributed by atoms with van der Waals surface area (Å²) in [7, 11) is 8.96. The van der Waals surface area contributed by atoms with E-state index in [0.717, 1.165) is 0 Å². The summed E-state index contributed by atoms with van der Waals surface area (Å²) in [5, 5.41) is 17.9. The van der Waals surface area contributed by atoms with Gasteiger partial charge in [-0.2, -0.15) is 0 Å². The van der Waals surface area contributed by atoms with E-state index in [1.165, 1.54) is 127 Å². The van der Waals surface area contributed by atoms with E-state index in [1.54, 1.807) is 9.80 Å². The SMILES string of the molecule is C[NH+](C)CCCCCCCCCc1ccccc1.C[NH+](C)CCCCCCCCCc1ccccc1.O=C([O-])C(=O)[O-]. The summed E-state index contributed by atoms with van der Waals surface area (Å²) < 4.78 is 0. The molecular weight excluding hydrogens is 524 g/mol. The van der Waals surface area contributed by atoms with Crippen LogP contribution in [-0.4, -0.2) is 53.2 Å². The van der Waals surface area contributed by atoms with Gasteiger partial charge in [0.05, 0.1) is 53.2 Å². The number of quaternary nitrogens is 2. The predicted molar refractivity (Wildman–Crippen MR) is 170 cm³/mol. The Morgan fingerprint density at radius 1 is 0.452 bits per heavy atom. The lowest BCUT2D eigenvalue weighted by Gasteiger charge is -2.06. The van der Waals surface area contributed by atoms with Crippen LogP contribution in [0.2, 0.25) is 0 Å². The fraction of sp³-hybridized carbons (Fsp3) is 0.611. The van der Waals surface area contributed by atoms with Crippen LogP contribution in [0.25, 0.3) is 0 Å². The van der Waals surface area contributed by atoms with Crippen LogP contribution in [0.15, 0.2) is 60.7 Å². The smallest absolute Gasteiger partial charge is 0.0870 e. The van der Waals surface area contributed by atoms with E-state index in [9.17, 15) is 0 Å². The molecule has 0 saturated carbocycles. The van der Waals surface area contributed by atoms with Crippen molar-refractivity contribution in [2.75, 3.05) is 41.3 Å². The molecule has 0 aliphatic carbocycles. The van der Waals surface area contributed by atoms with E-state index >= 15 is 0 Å². The number of hydrogen-bond acceptors (Lipinski definition) is 4. The topological polar surface area (TPSA) is 89.1 Å². The van der Waals surface area contributed by atoms with Crippen LogP contribution in [0.5, 0.6) is 0 Å². The van der Waals surface area contributed by atoms with Crippen molar-refractivity contribution in [3.63, 3.8) is 0 Å². The number of carbonyl (C=O) groups is 2. The maximum Gasteiger partial charge on any atom is 0.0870 e. The Morgan fingerprint density at radius 2 is 0.714 bits per heavy atom. The van der Waals surface area contributed by atoms with Gasteiger partial charge in [-0.25, -0.2) is 0 Å². The van der Waals surface area contributed by atoms with Gasteiger partial charge in [0.2, 0.25) is 0 Å². The lowest BCUT2D eigenvalue weighted by Crippen LogP contribution is -3.05. The van der Waals surface area contributed by atoms with Gasteiger partial charge in [-0.05, 0) is 62.5 Å². The molecule has 6 heteroatoms. The zero-order valence-electron chi connectivity index (χ0n) is 27.1. The van der Waals surface area contributed by atoms with E-state index in [-0.39, 0.29) is 0 Å². The molecule has 0 amide bonds. The summed E-state index contributed by atoms with van der Waals surface area (Å²) in [5.41, 5.74) is 2.98. The van der Waals surface area contributed by atoms with E-state index in [1.807, 2.05) is 0 Å². The minimum Gasteiger partial charge on any atom is -0.543 e. The highest BCUT2D eigenvalue weighted by Gasteiger charge is 1.97. The minimum absolute atomic E-state index is 1.25. The number of nitrogens with one attached hydrogen (secondary N) is 2. The van der Waals surface area contributed by atoms with Gasteiger partial charge in [0, 0.05) is 0 Å². The van der Waals surface area contributed by atoms with Crippen molar-refractivity contribution in [2.24, 2.45) is 0 Å². The highest BCUT2D eigenvalue weighted by atomic mass is 16.4. The fourth-order valence-electron chi connectivity index (χ4n) is 4.67. The number of hydrogen-bond donors (Lipinski definition) is 2. The first-order valence-corrected chi connectivity index (χ1v) is 16.3. The van der Waals surface area contributed by atoms with E-state index in [2.05, 4.69) is 88.9 Å². The van der Waals surface area contributed by atoms with Crippen molar-refractivity contribution >= 4 is 11.9 Å². The molecule has 238 valence electrons. The van der Waals surface area contributed by atoms with E-state index in [4.69, 9.17) is 19.8 Å². The molecule has 0 fully saturated rings. The monoisotopic (exact) mass is 584 g/mol. The number of carboxylic acids is 2. The van der Waals surface area contributed by atoms with Gasteiger partial charge >= 0.3 is 0 Å². The predicted octanol–water partition coefficient (Wildman–Crippen LogP) is 2.69. The highest BCUT2D eigenvalue weighted by Crippen LogP contribution is 2.11. The molecule has 0 spiro atoms. The zero-order valence-corrected chi connectivity index (χ0v) is 27.1. The lowest BCUT2D eigenvalue weighted by atomic mass is 10.0. The van der Waals surface area contributed by atoms with E-state index < -0.39 is 11.9 Å². The Morgan fingerprint density at radius 3 is 0.976 bits per heavy atom. The molecule has 2 aromatic carbocycles. The second kappa shape index (κ2) is 28.4. The number of aliphatic carboxylic acids is 2. The van der Waals surface area contributed by atoms with Crippen LogP contribution in [-0.2, 0) is 22.4 Å². The summed E-state index contributed by atoms with van der Waals surface area (Å²) in [6.07, 6.45) is 22.2. The van der Waals surface area contributed by atoms with Crippen molar-refractivity contribution in [1.82, 2.24) is 0 Å². The van der Waals surface area contributed by atoms with Crippen LogP contribution in [0, 0.1) is 0 Å². The Labute approximate surface area is 257 Å². The molecule has 0 heterocycles. The van der Waals surface area contributed by atoms with Crippen molar-refractivity contribution < 1.29 is 29.6 Å². The van der Waals surface area contributed by atoms with Crippen LogP contribution >= 0.6 is 0 Å². The summed E-state index contributed by atoms with van der Waals surface area (Å²) in [6, 6.07) is 21.7. The Bertz CT molecular complexity index is 799. The van der Waals surface area contributed by atoms with Gasteiger partial charge in [0.15, 0.2) is 0 Å². The molecule has 2 aromatic rings. The molecule has 2 rings (SSSR count). The Balaban J connectivity index is 0.000000672. The normalized spacial score (nSPS) is 10.5. The molecule has 0 bridgehead atoms. The molecule has 0 aliphatic rings. The third kappa shape index (κ3) is 28.8. The van der Waals surface area contributed by atoms with Crippen LogP contribution < -0.4 is 20.0 Å². The number of rotatable bonds is 20. The number of carbonyl (C=O) groups excluding carboxylic acids is 2. The van der Waals surface area contributed by atoms with Gasteiger partial charge in [-0.15, -0.1) is 0 Å². The first-order valence-electron chi connectivity index (χ1n) is 16.3. The Kier molecular flexibility index (Phi) is 26.6. The molecule has 0 unspecified atom stereocenters. The summed E-state index contributed by atoms with van der Waals surface area (Å²) in [5.74, 6) is -4.37. The zero-order chi connectivity index (χ0) is 31.3. The maximum atomic E-state index is 8.93. The van der Waals surface area contributed by atoms with Crippen LogP contribution in [0.1, 0.15) is 101 Å². The summed E-state index contributed by atoms with van der Waals surface area (Å²) in [6.45, 7) is 2.65. The van der Waals surface area contributed by atoms with Crippen molar-refractivity contribution in [1.29, 1.82) is 0 Å². The van der Waals surface area contributed by atoms with Gasteiger partial charge in [-0.1, -0.05) is 112 Å². The van der Waals surface area contributed by atoms with E-state index in [0.29, 0.717) is 0 Å². The van der Waals surface area contributed by atoms with Crippen LogP contribution in [0.4, 0.5) is 0 Å². The third-order valence-electron chi connectivity index (χ3n) is 7.14. The quantitative estimate of drug-likeness (QED) is 0.185. The maximum absolute atomic E-state index is 8.93. The standard InChI is InChI=1S/2C17H29N.C2H2O4/c2*1-18(2)16-12-7-5-3-4-6-9-13-17-14-10-8-11-15-17;3-1(4)2(5)6/h2*8,10-11,14-15H,3-7,9,12-13,16H2,1-2H3;(H,3,4)(H,5,6). The molecule has 6 nitrogen and oxygen atoms in total.